The molecule has 0 atom stereocenters. The molecule has 0 fully saturated rings. The van der Waals surface area contributed by atoms with E-state index in [4.69, 9.17) is 0 Å². The number of aryl methyl sites for hydroxylation is 2. The first kappa shape index (κ1) is 34.8. The maximum Gasteiger partial charge on any atom is 0.380 e. The fourth-order valence-electron chi connectivity index (χ4n) is 5.13. The normalized spacial score (nSPS) is 16.9. The number of thiophene rings is 2. The Morgan fingerprint density at radius 3 is 0.957 bits per heavy atom. The predicted octanol–water partition coefficient (Wildman–Crippen LogP) is 11.5. The van der Waals surface area contributed by atoms with Crippen LogP contribution in [0.25, 0.3) is 32.0 Å². The van der Waals surface area contributed by atoms with E-state index in [1.54, 1.807) is 0 Å². The summed E-state index contributed by atoms with van der Waals surface area (Å²) in [6.45, 7) is 2.31. The van der Waals surface area contributed by atoms with Crippen LogP contribution in [0, 0.1) is 58.2 Å². The minimum absolute atomic E-state index is 0.0613. The van der Waals surface area contributed by atoms with Crippen molar-refractivity contribution < 1.29 is 70.2 Å². The number of benzene rings is 2. The molecule has 5 rings (SSSR count). The lowest BCUT2D eigenvalue weighted by molar-refractivity contribution is -0.254. The summed E-state index contributed by atoms with van der Waals surface area (Å²) in [7, 11) is 0. The second-order valence-electron chi connectivity index (χ2n) is 9.97. The molecule has 0 saturated heterocycles. The van der Waals surface area contributed by atoms with E-state index in [-0.39, 0.29) is 34.8 Å². The zero-order chi connectivity index (χ0) is 35.3. The van der Waals surface area contributed by atoms with Gasteiger partial charge in [-0.1, -0.05) is 13.8 Å². The van der Waals surface area contributed by atoms with Crippen LogP contribution in [0.5, 0.6) is 0 Å². The highest BCUT2D eigenvalue weighted by Crippen LogP contribution is 2.66. The van der Waals surface area contributed by atoms with Gasteiger partial charge in [-0.2, -0.15) is 26.3 Å². The van der Waals surface area contributed by atoms with Crippen LogP contribution in [-0.4, -0.2) is 17.8 Å². The van der Waals surface area contributed by atoms with Gasteiger partial charge in [0.25, 0.3) is 0 Å². The number of alkyl halides is 6. The molecular weight excluding hydrogens is 716 g/mol. The molecule has 0 bridgehead atoms. The maximum atomic E-state index is 15.6. The van der Waals surface area contributed by atoms with Crippen molar-refractivity contribution in [3.63, 3.8) is 0 Å². The van der Waals surface area contributed by atoms with Gasteiger partial charge in [-0.25, -0.2) is 43.9 Å². The van der Waals surface area contributed by atoms with Crippen molar-refractivity contribution >= 4 is 33.8 Å². The van der Waals surface area contributed by atoms with Gasteiger partial charge < -0.3 is 0 Å². The molecule has 0 saturated carbocycles. The van der Waals surface area contributed by atoms with Gasteiger partial charge in [0.05, 0.1) is 11.1 Å². The third-order valence-electron chi connectivity index (χ3n) is 7.38. The maximum absolute atomic E-state index is 15.6. The fraction of sp³-hybridized carbons (Fsp3) is 0.241. The van der Waals surface area contributed by atoms with Gasteiger partial charge in [0.15, 0.2) is 46.5 Å². The van der Waals surface area contributed by atoms with Crippen molar-refractivity contribution in [1.82, 2.24) is 0 Å². The molecule has 0 radical (unpaired) electrons. The molecule has 252 valence electrons. The third-order valence-corrected chi connectivity index (χ3v) is 9.97. The highest BCUT2D eigenvalue weighted by Gasteiger charge is 2.80. The Hall–Kier alpha value is -3.54. The summed E-state index contributed by atoms with van der Waals surface area (Å²) in [5.41, 5.74) is -10.1. The summed E-state index contributed by atoms with van der Waals surface area (Å²) in [4.78, 5) is -3.13. The van der Waals surface area contributed by atoms with Gasteiger partial charge in [-0.3, -0.25) is 0 Å². The summed E-state index contributed by atoms with van der Waals surface area (Å²) in [6.07, 6.45) is -1.00. The van der Waals surface area contributed by atoms with E-state index < -0.39 is 142 Å². The lowest BCUT2D eigenvalue weighted by Gasteiger charge is -2.25. The van der Waals surface area contributed by atoms with Gasteiger partial charge in [0, 0.05) is 30.7 Å². The van der Waals surface area contributed by atoms with Gasteiger partial charge in [-0.05, 0) is 36.1 Å². The first-order valence-corrected chi connectivity index (χ1v) is 14.5. The number of hydrogen-bond donors (Lipinski definition) is 0. The largest absolute Gasteiger partial charge is 0.380 e. The third kappa shape index (κ3) is 4.63. The van der Waals surface area contributed by atoms with Crippen LogP contribution >= 0.6 is 22.7 Å². The Labute approximate surface area is 260 Å². The zero-order valence-corrected chi connectivity index (χ0v) is 24.6. The average Bonchev–Trinajstić information content (AvgIpc) is 3.65. The smallest absolute Gasteiger partial charge is 0.203 e. The van der Waals surface area contributed by atoms with Crippen molar-refractivity contribution in [2.45, 2.75) is 44.5 Å². The first-order chi connectivity index (χ1) is 21.7. The van der Waals surface area contributed by atoms with Gasteiger partial charge in [0.2, 0.25) is 11.6 Å². The quantitative estimate of drug-likeness (QED) is 0.105. The molecule has 2 aromatic carbocycles. The van der Waals surface area contributed by atoms with Crippen LogP contribution < -0.4 is 0 Å². The molecule has 0 nitrogen and oxygen atoms in total. The van der Waals surface area contributed by atoms with Crippen LogP contribution in [0.15, 0.2) is 12.1 Å². The topological polar surface area (TPSA) is 0 Å². The first-order valence-electron chi connectivity index (χ1n) is 12.9. The summed E-state index contributed by atoms with van der Waals surface area (Å²) in [5.74, 6) is -42.7. The molecule has 47 heavy (non-hydrogen) atoms. The summed E-state index contributed by atoms with van der Waals surface area (Å²) >= 11 is 0.123. The fourth-order valence-corrected chi connectivity index (χ4v) is 7.41. The molecule has 4 aromatic rings. The molecule has 2 heterocycles. The van der Waals surface area contributed by atoms with E-state index in [2.05, 4.69) is 0 Å². The molecule has 0 aliphatic heterocycles. The van der Waals surface area contributed by atoms with Crippen LogP contribution in [0.1, 0.15) is 34.7 Å². The van der Waals surface area contributed by atoms with E-state index in [0.29, 0.717) is 0 Å². The molecule has 0 amide bonds. The van der Waals surface area contributed by atoms with Crippen molar-refractivity contribution in [2.24, 2.45) is 0 Å². The van der Waals surface area contributed by atoms with Crippen LogP contribution in [0.3, 0.4) is 0 Å². The van der Waals surface area contributed by atoms with Gasteiger partial charge in [-0.15, -0.1) is 22.7 Å². The Morgan fingerprint density at radius 2 is 0.702 bits per heavy atom. The SMILES string of the molecule is CCc1sc(-c2c(F)c(F)c(F)c(F)c2F)cc1C1=C(c2cc(-c3c(F)c(F)c(F)c(F)c3F)sc2CC)C(F)(F)C(F)(F)C1(F)F. The lowest BCUT2D eigenvalue weighted by atomic mass is 9.93. The average molecular weight is 729 g/mol. The predicted molar refractivity (Wildman–Crippen MR) is 140 cm³/mol. The molecule has 1 aliphatic rings. The standard InChI is InChI=1S/C29H12F16S2/c1-3-9-7(5-11(46-9)13-17(30)21(34)25(38)22(35)18(13)31)15-16(28(42,43)29(44,45)27(15,40)41)8-6-12(47-10(8)4-2)14-19(32)23(36)26(39)24(37)20(14)33/h5-6H,3-4H2,1-2H3. The zero-order valence-electron chi connectivity index (χ0n) is 22.9. The van der Waals surface area contributed by atoms with Crippen molar-refractivity contribution in [3.05, 3.63) is 91.2 Å². The van der Waals surface area contributed by atoms with E-state index in [9.17, 15) is 43.9 Å². The van der Waals surface area contributed by atoms with Crippen molar-refractivity contribution in [1.29, 1.82) is 0 Å². The Bertz CT molecular complexity index is 1800. The van der Waals surface area contributed by atoms with Gasteiger partial charge in [0.1, 0.15) is 0 Å². The van der Waals surface area contributed by atoms with Crippen molar-refractivity contribution in [3.8, 4) is 20.9 Å². The van der Waals surface area contributed by atoms with Crippen LogP contribution in [0.2, 0.25) is 0 Å². The molecule has 0 unspecified atom stereocenters. The van der Waals surface area contributed by atoms with E-state index >= 15 is 26.3 Å². The number of rotatable bonds is 6. The minimum Gasteiger partial charge on any atom is -0.203 e. The summed E-state index contributed by atoms with van der Waals surface area (Å²) in [6, 6.07) is 0.511. The summed E-state index contributed by atoms with van der Waals surface area (Å²) < 4.78 is 234. The van der Waals surface area contributed by atoms with Crippen molar-refractivity contribution in [2.75, 3.05) is 0 Å². The Morgan fingerprint density at radius 1 is 0.447 bits per heavy atom. The molecular formula is C29H12F16S2. The number of halogens is 16. The van der Waals surface area contributed by atoms with E-state index in [1.807, 2.05) is 0 Å². The van der Waals surface area contributed by atoms with Crippen LogP contribution in [-0.2, 0) is 12.8 Å². The summed E-state index contributed by atoms with van der Waals surface area (Å²) in [5, 5.41) is 0. The highest BCUT2D eigenvalue weighted by atomic mass is 32.1. The number of hydrogen-bond acceptors (Lipinski definition) is 2. The number of allylic oxidation sites excluding steroid dienone is 2. The minimum atomic E-state index is -6.25. The lowest BCUT2D eigenvalue weighted by Crippen LogP contribution is -2.48. The molecule has 18 heteroatoms. The Balaban J connectivity index is 1.88. The molecule has 0 spiro atoms. The van der Waals surface area contributed by atoms with E-state index in [1.165, 1.54) is 0 Å². The van der Waals surface area contributed by atoms with E-state index in [0.717, 1.165) is 13.8 Å². The second-order valence-corrected chi connectivity index (χ2v) is 12.2. The second kappa shape index (κ2) is 11.3. The monoisotopic (exact) mass is 728 g/mol. The molecule has 2 aromatic heterocycles. The highest BCUT2D eigenvalue weighted by molar-refractivity contribution is 7.16. The molecule has 1 aliphatic carbocycles. The van der Waals surface area contributed by atoms with Gasteiger partial charge >= 0.3 is 17.8 Å². The Kier molecular flexibility index (Phi) is 8.34. The molecule has 0 N–H and O–H groups in total. The van der Waals surface area contributed by atoms with Crippen LogP contribution in [0.4, 0.5) is 70.2 Å².